The molecule has 0 atom stereocenters. The molecular formula is C19H17N3O4S. The predicted octanol–water partition coefficient (Wildman–Crippen LogP) is 3.51. The van der Waals surface area contributed by atoms with Crippen LogP contribution in [0, 0.1) is 13.8 Å². The summed E-state index contributed by atoms with van der Waals surface area (Å²) >= 11 is 1.42. The van der Waals surface area contributed by atoms with E-state index < -0.39 is 5.76 Å². The van der Waals surface area contributed by atoms with Crippen LogP contribution in [0.3, 0.4) is 0 Å². The van der Waals surface area contributed by atoms with E-state index in [4.69, 9.17) is 8.83 Å². The van der Waals surface area contributed by atoms with Gasteiger partial charge in [-0.3, -0.25) is 4.79 Å². The van der Waals surface area contributed by atoms with Gasteiger partial charge in [-0.15, -0.1) is 16.4 Å². The van der Waals surface area contributed by atoms with Crippen molar-refractivity contribution in [1.29, 1.82) is 0 Å². The van der Waals surface area contributed by atoms with Crippen molar-refractivity contribution < 1.29 is 13.6 Å². The van der Waals surface area contributed by atoms with Crippen LogP contribution in [-0.4, -0.2) is 20.1 Å². The van der Waals surface area contributed by atoms with E-state index in [0.717, 1.165) is 26.7 Å². The fourth-order valence-corrected chi connectivity index (χ4v) is 3.66. The van der Waals surface area contributed by atoms with Crippen molar-refractivity contribution in [1.82, 2.24) is 14.3 Å². The second-order valence-corrected chi connectivity index (χ2v) is 7.13. The van der Waals surface area contributed by atoms with Gasteiger partial charge < -0.3 is 13.4 Å². The van der Waals surface area contributed by atoms with Gasteiger partial charge in [0, 0.05) is 17.0 Å². The Bertz CT molecular complexity index is 1130. The third-order valence-corrected chi connectivity index (χ3v) is 5.26. The number of rotatable bonds is 6. The van der Waals surface area contributed by atoms with Crippen molar-refractivity contribution in [3.05, 3.63) is 75.2 Å². The lowest BCUT2D eigenvalue weighted by Gasteiger charge is -2.07. The van der Waals surface area contributed by atoms with Gasteiger partial charge in [-0.2, -0.15) is 4.68 Å². The second kappa shape index (κ2) is 6.88. The van der Waals surface area contributed by atoms with Crippen LogP contribution in [0.15, 0.2) is 55.6 Å². The average molecular weight is 383 g/mol. The van der Waals surface area contributed by atoms with Gasteiger partial charge in [0.1, 0.15) is 12.3 Å². The van der Waals surface area contributed by atoms with E-state index in [1.165, 1.54) is 11.3 Å². The van der Waals surface area contributed by atoms with Gasteiger partial charge in [0.25, 0.3) is 5.89 Å². The summed E-state index contributed by atoms with van der Waals surface area (Å²) in [5.74, 6) is 0.202. The first kappa shape index (κ1) is 17.3. The summed E-state index contributed by atoms with van der Waals surface area (Å²) in [6.45, 7) is 4.19. The molecule has 7 nitrogen and oxygen atoms in total. The molecule has 0 aliphatic carbocycles. The maximum absolute atomic E-state index is 12.8. The van der Waals surface area contributed by atoms with Crippen molar-refractivity contribution in [2.75, 3.05) is 0 Å². The first-order chi connectivity index (χ1) is 13.0. The Labute approximate surface area is 158 Å². The molecular weight excluding hydrogens is 366 g/mol. The quantitative estimate of drug-likeness (QED) is 0.476. The number of carbonyl (C=O) groups is 1. The van der Waals surface area contributed by atoms with Gasteiger partial charge in [0.2, 0.25) is 0 Å². The molecule has 0 unspecified atom stereocenters. The Balaban J connectivity index is 1.58. The van der Waals surface area contributed by atoms with E-state index in [-0.39, 0.29) is 18.2 Å². The standard InChI is InChI=1S/C19H17N3O4S/c1-12-9-15(13(2)21(12)10-14-5-3-7-25-14)16(23)11-22-19(24)26-18(20-22)17-6-4-8-27-17/h3-9H,10-11H2,1-2H3. The highest BCUT2D eigenvalue weighted by atomic mass is 32.1. The van der Waals surface area contributed by atoms with Crippen molar-refractivity contribution in [2.24, 2.45) is 0 Å². The van der Waals surface area contributed by atoms with Crippen LogP contribution in [0.2, 0.25) is 0 Å². The summed E-state index contributed by atoms with van der Waals surface area (Å²) in [5, 5.41) is 6.01. The van der Waals surface area contributed by atoms with Crippen LogP contribution in [0.1, 0.15) is 27.5 Å². The minimum Gasteiger partial charge on any atom is -0.467 e. The summed E-state index contributed by atoms with van der Waals surface area (Å²) in [5.41, 5.74) is 2.33. The lowest BCUT2D eigenvalue weighted by molar-refractivity contribution is 0.0964. The SMILES string of the molecule is Cc1cc(C(=O)Cn2nc(-c3cccs3)oc2=O)c(C)n1Cc1ccco1. The zero-order valence-corrected chi connectivity index (χ0v) is 15.7. The Kier molecular flexibility index (Phi) is 4.41. The second-order valence-electron chi connectivity index (χ2n) is 6.18. The first-order valence-corrected chi connectivity index (χ1v) is 9.25. The minimum absolute atomic E-state index is 0.168. The molecule has 0 saturated carbocycles. The maximum Gasteiger partial charge on any atom is 0.437 e. The Morgan fingerprint density at radius 2 is 2.11 bits per heavy atom. The van der Waals surface area contributed by atoms with Gasteiger partial charge in [0.15, 0.2) is 5.78 Å². The van der Waals surface area contributed by atoms with E-state index in [1.807, 2.05) is 54.1 Å². The number of hydrogen-bond donors (Lipinski definition) is 0. The lowest BCUT2D eigenvalue weighted by atomic mass is 10.1. The molecule has 0 aliphatic rings. The number of aryl methyl sites for hydroxylation is 1. The van der Waals surface area contributed by atoms with Gasteiger partial charge in [-0.1, -0.05) is 6.07 Å². The number of hydrogen-bond acceptors (Lipinski definition) is 6. The molecule has 0 saturated heterocycles. The molecule has 8 heteroatoms. The molecule has 0 aromatic carbocycles. The molecule has 0 spiro atoms. The van der Waals surface area contributed by atoms with Gasteiger partial charge >= 0.3 is 5.76 Å². The smallest absolute Gasteiger partial charge is 0.437 e. The summed E-state index contributed by atoms with van der Waals surface area (Å²) in [7, 11) is 0. The normalized spacial score (nSPS) is 11.2. The van der Waals surface area contributed by atoms with E-state index in [1.54, 1.807) is 6.26 Å². The monoisotopic (exact) mass is 383 g/mol. The summed E-state index contributed by atoms with van der Waals surface area (Å²) in [6.07, 6.45) is 1.62. The third-order valence-electron chi connectivity index (χ3n) is 4.40. The van der Waals surface area contributed by atoms with E-state index in [2.05, 4.69) is 5.10 Å². The molecule has 4 rings (SSSR count). The molecule has 0 amide bonds. The van der Waals surface area contributed by atoms with Crippen molar-refractivity contribution >= 4 is 17.1 Å². The average Bonchev–Trinajstić information content (AvgIpc) is 3.41. The molecule has 0 fully saturated rings. The molecule has 4 aromatic rings. The largest absolute Gasteiger partial charge is 0.467 e. The molecule has 4 aromatic heterocycles. The molecule has 138 valence electrons. The van der Waals surface area contributed by atoms with E-state index in [9.17, 15) is 9.59 Å². The van der Waals surface area contributed by atoms with E-state index in [0.29, 0.717) is 12.1 Å². The van der Waals surface area contributed by atoms with Crippen molar-refractivity contribution in [2.45, 2.75) is 26.9 Å². The zero-order chi connectivity index (χ0) is 19.0. The van der Waals surface area contributed by atoms with Crippen LogP contribution < -0.4 is 5.76 Å². The van der Waals surface area contributed by atoms with Crippen molar-refractivity contribution in [3.8, 4) is 10.8 Å². The van der Waals surface area contributed by atoms with Crippen LogP contribution >= 0.6 is 11.3 Å². The summed E-state index contributed by atoms with van der Waals surface area (Å²) in [4.78, 5) is 25.6. The molecule has 0 N–H and O–H groups in total. The lowest BCUT2D eigenvalue weighted by Crippen LogP contribution is -2.22. The van der Waals surface area contributed by atoms with Crippen LogP contribution in [-0.2, 0) is 13.1 Å². The highest BCUT2D eigenvalue weighted by Gasteiger charge is 2.19. The summed E-state index contributed by atoms with van der Waals surface area (Å²) in [6, 6.07) is 9.20. The first-order valence-electron chi connectivity index (χ1n) is 8.37. The van der Waals surface area contributed by atoms with Gasteiger partial charge in [-0.25, -0.2) is 4.79 Å². The highest BCUT2D eigenvalue weighted by molar-refractivity contribution is 7.13. The number of thiophene rings is 1. The van der Waals surface area contributed by atoms with Crippen LogP contribution in [0.5, 0.6) is 0 Å². The highest BCUT2D eigenvalue weighted by Crippen LogP contribution is 2.22. The Morgan fingerprint density at radius 3 is 2.81 bits per heavy atom. The number of carbonyl (C=O) groups excluding carboxylic acids is 1. The van der Waals surface area contributed by atoms with Gasteiger partial charge in [0.05, 0.1) is 17.7 Å². The fraction of sp³-hybridized carbons (Fsp3) is 0.211. The molecule has 0 radical (unpaired) electrons. The van der Waals surface area contributed by atoms with E-state index >= 15 is 0 Å². The topological polar surface area (TPSA) is 83.2 Å². The van der Waals surface area contributed by atoms with Crippen LogP contribution in [0.25, 0.3) is 10.8 Å². The Morgan fingerprint density at radius 1 is 1.26 bits per heavy atom. The number of ketones is 1. The zero-order valence-electron chi connectivity index (χ0n) is 14.8. The number of furan rings is 1. The van der Waals surface area contributed by atoms with Crippen molar-refractivity contribution in [3.63, 3.8) is 0 Å². The minimum atomic E-state index is -0.642. The molecule has 4 heterocycles. The fourth-order valence-electron chi connectivity index (χ4n) is 3.01. The predicted molar refractivity (Wildman–Crippen MR) is 100 cm³/mol. The van der Waals surface area contributed by atoms with Crippen LogP contribution in [0.4, 0.5) is 0 Å². The number of aromatic nitrogens is 3. The molecule has 0 bridgehead atoms. The molecule has 27 heavy (non-hydrogen) atoms. The molecule has 0 aliphatic heterocycles. The maximum atomic E-state index is 12.8. The van der Waals surface area contributed by atoms with Gasteiger partial charge in [-0.05, 0) is 43.5 Å². The Hall–Kier alpha value is -3.13. The third kappa shape index (κ3) is 3.31. The number of Topliss-reactive ketones (excluding diaryl/α,β-unsaturated/α-hetero) is 1. The summed E-state index contributed by atoms with van der Waals surface area (Å²) < 4.78 is 13.6. The number of nitrogens with zero attached hydrogens (tertiary/aromatic N) is 3.